The van der Waals surface area contributed by atoms with Crippen LogP contribution >= 0.6 is 11.6 Å². The minimum Gasteiger partial charge on any atom is -0.508 e. The van der Waals surface area contributed by atoms with Crippen LogP contribution in [0.5, 0.6) is 5.75 Å². The van der Waals surface area contributed by atoms with Gasteiger partial charge in [0.15, 0.2) is 0 Å². The summed E-state index contributed by atoms with van der Waals surface area (Å²) in [4.78, 5) is 1.61. The third-order valence-corrected chi connectivity index (χ3v) is 3.53. The van der Waals surface area contributed by atoms with Gasteiger partial charge in [0.05, 0.1) is 0 Å². The molecule has 0 saturated heterocycles. The first kappa shape index (κ1) is 15.6. The molecule has 2 rings (SSSR count). The molecule has 0 aliphatic rings. The van der Waals surface area contributed by atoms with Gasteiger partial charge in [-0.15, -0.1) is 0 Å². The van der Waals surface area contributed by atoms with Gasteiger partial charge in [0, 0.05) is 18.1 Å². The van der Waals surface area contributed by atoms with E-state index in [2.05, 4.69) is 0 Å². The Morgan fingerprint density at radius 2 is 1.48 bits per heavy atom. The van der Waals surface area contributed by atoms with E-state index >= 15 is 0 Å². The number of rotatable bonds is 4. The lowest BCUT2D eigenvalue weighted by molar-refractivity contribution is 0.475. The van der Waals surface area contributed by atoms with Crippen molar-refractivity contribution in [1.82, 2.24) is 0 Å². The van der Waals surface area contributed by atoms with Crippen LogP contribution in [-0.2, 0) is 0 Å². The lowest BCUT2D eigenvalue weighted by Gasteiger charge is -2.22. The summed E-state index contributed by atoms with van der Waals surface area (Å²) in [6, 6.07) is 6.83. The number of anilines is 1. The molecule has 21 heavy (non-hydrogen) atoms. The molecule has 0 amide bonds. The molecule has 0 aliphatic carbocycles. The average Bonchev–Trinajstić information content (AvgIpc) is 2.41. The second kappa shape index (κ2) is 6.31. The van der Waals surface area contributed by atoms with Crippen LogP contribution in [0.15, 0.2) is 30.3 Å². The number of nitrogens with zero attached hydrogens (tertiary/aromatic N) is 1. The topological polar surface area (TPSA) is 23.5 Å². The van der Waals surface area contributed by atoms with Crippen LogP contribution in [0.1, 0.15) is 13.8 Å². The first-order valence-corrected chi connectivity index (χ1v) is 7.08. The average molecular weight is 312 g/mol. The molecule has 0 atom stereocenters. The van der Waals surface area contributed by atoms with Gasteiger partial charge in [-0.1, -0.05) is 11.6 Å². The lowest BCUT2D eigenvalue weighted by atomic mass is 10.0. The Balaban J connectivity index is 2.53. The Morgan fingerprint density at radius 1 is 0.952 bits per heavy atom. The van der Waals surface area contributed by atoms with Crippen molar-refractivity contribution in [2.45, 2.75) is 13.8 Å². The van der Waals surface area contributed by atoms with Crippen LogP contribution in [0, 0.1) is 11.6 Å². The summed E-state index contributed by atoms with van der Waals surface area (Å²) in [6.45, 7) is 4.71. The molecule has 0 heterocycles. The number of phenolic OH excluding ortho intramolecular Hbond substituents is 1. The predicted octanol–water partition coefficient (Wildman–Crippen LogP) is 4.84. The molecule has 2 nitrogen and oxygen atoms in total. The fraction of sp³-hybridized carbons (Fsp3) is 0.250. The summed E-state index contributed by atoms with van der Waals surface area (Å²) < 4.78 is 28.5. The molecule has 112 valence electrons. The van der Waals surface area contributed by atoms with Crippen molar-refractivity contribution < 1.29 is 13.9 Å². The van der Waals surface area contributed by atoms with Crippen LogP contribution in [0.25, 0.3) is 11.1 Å². The second-order valence-corrected chi connectivity index (χ2v) is 5.10. The van der Waals surface area contributed by atoms with Gasteiger partial charge in [0.1, 0.15) is 23.1 Å². The number of halogens is 3. The van der Waals surface area contributed by atoms with Gasteiger partial charge in [0.2, 0.25) is 0 Å². The Kier molecular flexibility index (Phi) is 4.68. The van der Waals surface area contributed by atoms with E-state index in [1.54, 1.807) is 11.0 Å². The number of hydrogen-bond acceptors (Lipinski definition) is 2. The van der Waals surface area contributed by atoms with Crippen LogP contribution < -0.4 is 4.90 Å². The van der Waals surface area contributed by atoms with Crippen LogP contribution in [0.4, 0.5) is 14.5 Å². The monoisotopic (exact) mass is 311 g/mol. The summed E-state index contributed by atoms with van der Waals surface area (Å²) in [5.41, 5.74) is 0.762. The fourth-order valence-electron chi connectivity index (χ4n) is 2.31. The van der Waals surface area contributed by atoms with Crippen molar-refractivity contribution in [3.8, 4) is 16.9 Å². The normalized spacial score (nSPS) is 10.7. The highest BCUT2D eigenvalue weighted by atomic mass is 35.5. The van der Waals surface area contributed by atoms with Crippen molar-refractivity contribution in [3.05, 3.63) is 47.0 Å². The molecular formula is C16H16ClF2NO. The maximum atomic E-state index is 14.2. The zero-order valence-electron chi connectivity index (χ0n) is 11.8. The molecule has 0 bridgehead atoms. The Hall–Kier alpha value is -1.81. The first-order chi connectivity index (χ1) is 9.96. The molecular weight excluding hydrogens is 296 g/mol. The zero-order chi connectivity index (χ0) is 15.6. The van der Waals surface area contributed by atoms with E-state index in [0.717, 1.165) is 0 Å². The lowest BCUT2D eigenvalue weighted by Crippen LogP contribution is -2.24. The highest BCUT2D eigenvalue weighted by Crippen LogP contribution is 2.32. The molecule has 1 N–H and O–H groups in total. The summed E-state index contributed by atoms with van der Waals surface area (Å²) in [7, 11) is 0. The van der Waals surface area contributed by atoms with Crippen LogP contribution in [0.2, 0.25) is 5.02 Å². The molecule has 0 aliphatic heterocycles. The third-order valence-electron chi connectivity index (χ3n) is 3.31. The second-order valence-electron chi connectivity index (χ2n) is 4.66. The van der Waals surface area contributed by atoms with E-state index in [0.29, 0.717) is 29.2 Å². The minimum absolute atomic E-state index is 0.0324. The zero-order valence-corrected chi connectivity index (χ0v) is 12.6. The minimum atomic E-state index is -0.631. The number of aromatic hydroxyl groups is 1. The molecule has 5 heteroatoms. The summed E-state index contributed by atoms with van der Waals surface area (Å²) in [5.74, 6) is -1.31. The summed E-state index contributed by atoms with van der Waals surface area (Å²) >= 11 is 5.85. The summed E-state index contributed by atoms with van der Waals surface area (Å²) in [6.07, 6.45) is 0. The van der Waals surface area contributed by atoms with Gasteiger partial charge in [-0.05, 0) is 55.3 Å². The highest BCUT2D eigenvalue weighted by molar-refractivity contribution is 6.31. The van der Waals surface area contributed by atoms with E-state index < -0.39 is 11.6 Å². The van der Waals surface area contributed by atoms with Crippen molar-refractivity contribution in [2.24, 2.45) is 0 Å². The van der Waals surface area contributed by atoms with Gasteiger partial charge in [0.25, 0.3) is 0 Å². The Bertz CT molecular complexity index is 613. The SMILES string of the molecule is CCN(CC)c1c(F)cc(-c2cc(O)cc(Cl)c2)cc1F. The van der Waals surface area contributed by atoms with Gasteiger partial charge >= 0.3 is 0 Å². The Morgan fingerprint density at radius 3 is 1.95 bits per heavy atom. The molecule has 0 unspecified atom stereocenters. The molecule has 0 saturated carbocycles. The standard InChI is InChI=1S/C16H16ClF2NO/c1-3-20(4-2)16-14(18)7-11(8-15(16)19)10-5-12(17)9-13(21)6-10/h5-9,21H,3-4H2,1-2H3. The van der Waals surface area contributed by atoms with Crippen molar-refractivity contribution in [3.63, 3.8) is 0 Å². The van der Waals surface area contributed by atoms with E-state index in [-0.39, 0.29) is 11.4 Å². The maximum Gasteiger partial charge on any atom is 0.150 e. The van der Waals surface area contributed by atoms with Gasteiger partial charge < -0.3 is 10.0 Å². The largest absolute Gasteiger partial charge is 0.508 e. The molecule has 0 spiro atoms. The molecule has 2 aromatic rings. The number of benzene rings is 2. The third kappa shape index (κ3) is 3.27. The molecule has 0 aromatic heterocycles. The van der Waals surface area contributed by atoms with E-state index in [1.807, 2.05) is 13.8 Å². The molecule has 0 fully saturated rings. The fourth-order valence-corrected chi connectivity index (χ4v) is 2.54. The van der Waals surface area contributed by atoms with E-state index in [1.165, 1.54) is 24.3 Å². The van der Waals surface area contributed by atoms with Crippen molar-refractivity contribution >= 4 is 17.3 Å². The van der Waals surface area contributed by atoms with Crippen LogP contribution in [0.3, 0.4) is 0 Å². The van der Waals surface area contributed by atoms with Gasteiger partial charge in [-0.25, -0.2) is 8.78 Å². The smallest absolute Gasteiger partial charge is 0.150 e. The summed E-state index contributed by atoms with van der Waals surface area (Å²) in [5, 5.41) is 9.84. The van der Waals surface area contributed by atoms with Crippen molar-refractivity contribution in [2.75, 3.05) is 18.0 Å². The van der Waals surface area contributed by atoms with Crippen LogP contribution in [-0.4, -0.2) is 18.2 Å². The first-order valence-electron chi connectivity index (χ1n) is 6.70. The quantitative estimate of drug-likeness (QED) is 0.873. The highest BCUT2D eigenvalue weighted by Gasteiger charge is 2.17. The van der Waals surface area contributed by atoms with E-state index in [4.69, 9.17) is 11.6 Å². The predicted molar refractivity (Wildman–Crippen MR) is 82.0 cm³/mol. The van der Waals surface area contributed by atoms with E-state index in [9.17, 15) is 13.9 Å². The Labute approximate surface area is 127 Å². The van der Waals surface area contributed by atoms with Crippen molar-refractivity contribution in [1.29, 1.82) is 0 Å². The van der Waals surface area contributed by atoms with Gasteiger partial charge in [-0.2, -0.15) is 0 Å². The number of phenols is 1. The van der Waals surface area contributed by atoms with Gasteiger partial charge in [-0.3, -0.25) is 0 Å². The molecule has 0 radical (unpaired) electrons. The maximum absolute atomic E-state index is 14.2. The molecule has 2 aromatic carbocycles. The number of hydrogen-bond donors (Lipinski definition) is 1.